The number of nitrogens with one attached hydrogen (secondary N) is 2. The number of nitrogens with zero attached hydrogens (tertiary/aromatic N) is 1. The summed E-state index contributed by atoms with van der Waals surface area (Å²) in [5.41, 5.74) is 0.712. The fourth-order valence-electron chi connectivity index (χ4n) is 1.57. The van der Waals surface area contributed by atoms with Gasteiger partial charge in [-0.05, 0) is 19.1 Å². The summed E-state index contributed by atoms with van der Waals surface area (Å²) in [4.78, 5) is 32.4. The van der Waals surface area contributed by atoms with Gasteiger partial charge in [-0.15, -0.1) is 0 Å². The number of carbonyl (C=O) groups is 2. The van der Waals surface area contributed by atoms with Crippen LogP contribution in [0.4, 0.5) is 16.2 Å². The average Bonchev–Trinajstić information content (AvgIpc) is 2.38. The number of methoxy groups -OCH3 is 1. The Morgan fingerprint density at radius 3 is 2.62 bits per heavy atom. The molecule has 3 N–H and O–H groups in total. The number of benzene rings is 1. The van der Waals surface area contributed by atoms with Gasteiger partial charge < -0.3 is 20.5 Å². The number of aliphatic carboxylic acids is 1. The van der Waals surface area contributed by atoms with Gasteiger partial charge in [-0.2, -0.15) is 0 Å². The zero-order chi connectivity index (χ0) is 16.0. The molecule has 114 valence electrons. The summed E-state index contributed by atoms with van der Waals surface area (Å²) in [7, 11) is 1.22. The Morgan fingerprint density at radius 2 is 2.14 bits per heavy atom. The average molecular weight is 297 g/mol. The Bertz CT molecular complexity index is 560. The first-order valence-corrected chi connectivity index (χ1v) is 5.90. The number of anilines is 1. The molecule has 0 aliphatic heterocycles. The van der Waals surface area contributed by atoms with Crippen LogP contribution in [0.1, 0.15) is 5.56 Å². The monoisotopic (exact) mass is 297 g/mol. The maximum Gasteiger partial charge on any atom is 0.334 e. The van der Waals surface area contributed by atoms with Crippen LogP contribution < -0.4 is 10.6 Å². The topological polar surface area (TPSA) is 131 Å². The lowest BCUT2D eigenvalue weighted by Gasteiger charge is -2.12. The van der Waals surface area contributed by atoms with Crippen molar-refractivity contribution in [2.75, 3.05) is 19.0 Å². The van der Waals surface area contributed by atoms with Crippen LogP contribution in [0.2, 0.25) is 0 Å². The number of hydrogen-bond donors (Lipinski definition) is 3. The molecular weight excluding hydrogens is 282 g/mol. The largest absolute Gasteiger partial charge is 0.479 e. The molecule has 0 bridgehead atoms. The molecule has 21 heavy (non-hydrogen) atoms. The molecule has 0 saturated heterocycles. The van der Waals surface area contributed by atoms with E-state index in [9.17, 15) is 19.7 Å². The van der Waals surface area contributed by atoms with Gasteiger partial charge in [-0.1, -0.05) is 0 Å². The standard InChI is InChI=1S/C12H15N3O6/c1-7-5-8(3-4-9(7)15(19)20)14-12(18)13-6-10(21-2)11(16)17/h3-5,10H,6H2,1-2H3,(H,16,17)(H2,13,14,18). The first-order chi connectivity index (χ1) is 9.85. The van der Waals surface area contributed by atoms with E-state index < -0.39 is 23.0 Å². The molecule has 0 aromatic heterocycles. The molecule has 0 spiro atoms. The third-order valence-electron chi connectivity index (χ3n) is 2.66. The van der Waals surface area contributed by atoms with Crippen LogP contribution in [0, 0.1) is 17.0 Å². The van der Waals surface area contributed by atoms with Crippen molar-refractivity contribution in [1.29, 1.82) is 0 Å². The number of urea groups is 1. The summed E-state index contributed by atoms with van der Waals surface area (Å²) in [5.74, 6) is -1.19. The van der Waals surface area contributed by atoms with Gasteiger partial charge >= 0.3 is 12.0 Å². The van der Waals surface area contributed by atoms with Crippen molar-refractivity contribution in [3.8, 4) is 0 Å². The van der Waals surface area contributed by atoms with Gasteiger partial charge in [0.15, 0.2) is 6.10 Å². The summed E-state index contributed by atoms with van der Waals surface area (Å²) in [6, 6.07) is 3.48. The number of rotatable bonds is 6. The Morgan fingerprint density at radius 1 is 1.48 bits per heavy atom. The highest BCUT2D eigenvalue weighted by Crippen LogP contribution is 2.21. The lowest BCUT2D eigenvalue weighted by atomic mass is 10.2. The van der Waals surface area contributed by atoms with Crippen LogP contribution in [0.3, 0.4) is 0 Å². The van der Waals surface area contributed by atoms with Crippen LogP contribution in [-0.2, 0) is 9.53 Å². The molecule has 0 radical (unpaired) electrons. The zero-order valence-electron chi connectivity index (χ0n) is 11.5. The minimum atomic E-state index is -1.19. The van der Waals surface area contributed by atoms with Gasteiger partial charge in [0.25, 0.3) is 5.69 Å². The molecule has 9 nitrogen and oxygen atoms in total. The van der Waals surface area contributed by atoms with Crippen molar-refractivity contribution in [2.45, 2.75) is 13.0 Å². The van der Waals surface area contributed by atoms with Crippen molar-refractivity contribution in [1.82, 2.24) is 5.32 Å². The number of carboxylic acids is 1. The Labute approximate surface area is 120 Å². The lowest BCUT2D eigenvalue weighted by molar-refractivity contribution is -0.385. The van der Waals surface area contributed by atoms with Gasteiger partial charge in [0, 0.05) is 24.4 Å². The number of nitro benzene ring substituents is 1. The van der Waals surface area contributed by atoms with Gasteiger partial charge in [0.1, 0.15) is 0 Å². The molecule has 9 heteroatoms. The third-order valence-corrected chi connectivity index (χ3v) is 2.66. The van der Waals surface area contributed by atoms with Gasteiger partial charge in [-0.3, -0.25) is 10.1 Å². The second-order valence-corrected chi connectivity index (χ2v) is 4.16. The maximum absolute atomic E-state index is 11.6. The molecule has 1 aromatic carbocycles. The number of hydrogen-bond acceptors (Lipinski definition) is 5. The molecule has 0 saturated carbocycles. The molecule has 2 amide bonds. The van der Waals surface area contributed by atoms with Gasteiger partial charge in [0.05, 0.1) is 11.5 Å². The van der Waals surface area contributed by atoms with E-state index in [0.717, 1.165) is 0 Å². The van der Waals surface area contributed by atoms with E-state index in [1.165, 1.54) is 25.3 Å². The maximum atomic E-state index is 11.6. The van der Waals surface area contributed by atoms with Crippen LogP contribution >= 0.6 is 0 Å². The minimum Gasteiger partial charge on any atom is -0.479 e. The molecule has 0 heterocycles. The SMILES string of the molecule is COC(CNC(=O)Nc1ccc([N+](=O)[O-])c(C)c1)C(=O)O. The summed E-state index contributed by atoms with van der Waals surface area (Å²) < 4.78 is 4.66. The molecule has 1 atom stereocenters. The van der Waals surface area contributed by atoms with E-state index in [1.54, 1.807) is 6.92 Å². The van der Waals surface area contributed by atoms with E-state index in [2.05, 4.69) is 15.4 Å². The van der Waals surface area contributed by atoms with Crippen LogP contribution in [0.15, 0.2) is 18.2 Å². The second-order valence-electron chi connectivity index (χ2n) is 4.16. The van der Waals surface area contributed by atoms with Crippen molar-refractivity contribution in [3.63, 3.8) is 0 Å². The molecule has 0 aliphatic rings. The van der Waals surface area contributed by atoms with Crippen molar-refractivity contribution < 1.29 is 24.4 Å². The van der Waals surface area contributed by atoms with E-state index in [0.29, 0.717) is 11.3 Å². The Hall–Kier alpha value is -2.68. The summed E-state index contributed by atoms with van der Waals surface area (Å²) in [5, 5.41) is 24.2. The quantitative estimate of drug-likeness (QED) is 0.532. The Kier molecular flexibility index (Phi) is 5.61. The first-order valence-electron chi connectivity index (χ1n) is 5.90. The molecule has 0 aliphatic carbocycles. The van der Waals surface area contributed by atoms with E-state index in [4.69, 9.17) is 5.11 Å². The fraction of sp³-hybridized carbons (Fsp3) is 0.333. The van der Waals surface area contributed by atoms with E-state index in [-0.39, 0.29) is 12.2 Å². The highest BCUT2D eigenvalue weighted by molar-refractivity contribution is 5.90. The smallest absolute Gasteiger partial charge is 0.334 e. The molecule has 0 fully saturated rings. The lowest BCUT2D eigenvalue weighted by Crippen LogP contribution is -2.39. The number of nitro groups is 1. The highest BCUT2D eigenvalue weighted by atomic mass is 16.6. The number of carboxylic acid groups (broad SMARTS) is 1. The predicted molar refractivity (Wildman–Crippen MR) is 73.3 cm³/mol. The third kappa shape index (κ3) is 4.73. The molecular formula is C12H15N3O6. The predicted octanol–water partition coefficient (Wildman–Crippen LogP) is 1.12. The molecule has 1 rings (SSSR count). The molecule has 1 aromatic rings. The zero-order valence-corrected chi connectivity index (χ0v) is 11.5. The normalized spacial score (nSPS) is 11.5. The van der Waals surface area contributed by atoms with Crippen molar-refractivity contribution in [3.05, 3.63) is 33.9 Å². The summed E-state index contributed by atoms with van der Waals surface area (Å²) in [6.45, 7) is 1.34. The number of aryl methyl sites for hydroxylation is 1. The first kappa shape index (κ1) is 16.4. The number of amides is 2. The van der Waals surface area contributed by atoms with Crippen LogP contribution in [0.5, 0.6) is 0 Å². The van der Waals surface area contributed by atoms with Gasteiger partial charge in [0.2, 0.25) is 0 Å². The Balaban J connectivity index is 2.61. The van der Waals surface area contributed by atoms with E-state index >= 15 is 0 Å². The van der Waals surface area contributed by atoms with E-state index in [1.807, 2.05) is 0 Å². The van der Waals surface area contributed by atoms with Crippen molar-refractivity contribution in [2.24, 2.45) is 0 Å². The fourth-order valence-corrected chi connectivity index (χ4v) is 1.57. The summed E-state index contributed by atoms with van der Waals surface area (Å²) >= 11 is 0. The summed E-state index contributed by atoms with van der Waals surface area (Å²) in [6.07, 6.45) is -1.14. The van der Waals surface area contributed by atoms with Gasteiger partial charge in [-0.25, -0.2) is 9.59 Å². The van der Waals surface area contributed by atoms with Crippen LogP contribution in [-0.4, -0.2) is 41.8 Å². The number of carbonyl (C=O) groups excluding carboxylic acids is 1. The second kappa shape index (κ2) is 7.20. The number of ether oxygens (including phenoxy) is 1. The minimum absolute atomic E-state index is 0.0497. The highest BCUT2D eigenvalue weighted by Gasteiger charge is 2.17. The molecule has 1 unspecified atom stereocenters. The van der Waals surface area contributed by atoms with Crippen LogP contribution in [0.25, 0.3) is 0 Å². The van der Waals surface area contributed by atoms with Crippen molar-refractivity contribution >= 4 is 23.4 Å².